The van der Waals surface area contributed by atoms with E-state index in [-0.39, 0.29) is 6.04 Å². The van der Waals surface area contributed by atoms with Crippen LogP contribution in [0.1, 0.15) is 69.6 Å². The van der Waals surface area contributed by atoms with Gasteiger partial charge < -0.3 is 9.84 Å². The third-order valence-electron chi connectivity index (χ3n) is 6.47. The van der Waals surface area contributed by atoms with Crippen LogP contribution >= 0.6 is 0 Å². The summed E-state index contributed by atoms with van der Waals surface area (Å²) in [5, 5.41) is 13.6. The van der Waals surface area contributed by atoms with E-state index < -0.39 is 6.10 Å². The second kappa shape index (κ2) is 12.6. The summed E-state index contributed by atoms with van der Waals surface area (Å²) in [6.45, 7) is 6.28. The number of nitrogens with zero attached hydrogens (tertiary/aromatic N) is 1. The number of aliphatic hydroxyl groups excluding tert-OH is 1. The summed E-state index contributed by atoms with van der Waals surface area (Å²) in [6, 6.07) is 22.9. The van der Waals surface area contributed by atoms with Gasteiger partial charge in [-0.05, 0) is 60.0 Å². The Morgan fingerprint density at radius 3 is 2.28 bits per heavy atom. The quantitative estimate of drug-likeness (QED) is 0.291. The maximum absolute atomic E-state index is 11.3. The molecule has 3 heteroatoms. The van der Waals surface area contributed by atoms with Gasteiger partial charge in [0.25, 0.3) is 0 Å². The molecule has 0 aliphatic rings. The minimum Gasteiger partial charge on any atom is -0.497 e. The highest BCUT2D eigenvalue weighted by Crippen LogP contribution is 2.28. The number of methoxy groups -OCH3 is 1. The van der Waals surface area contributed by atoms with Gasteiger partial charge in [-0.25, -0.2) is 0 Å². The number of hydrogen-bond donors (Lipinski definition) is 1. The topological polar surface area (TPSA) is 32.7 Å². The fourth-order valence-electron chi connectivity index (χ4n) is 4.37. The third-order valence-corrected chi connectivity index (χ3v) is 6.47. The summed E-state index contributed by atoms with van der Waals surface area (Å²) in [7, 11) is 1.69. The van der Waals surface area contributed by atoms with Crippen molar-refractivity contribution < 1.29 is 9.84 Å². The maximum Gasteiger partial charge on any atom is 0.119 e. The zero-order valence-corrected chi connectivity index (χ0v) is 20.0. The van der Waals surface area contributed by atoms with Gasteiger partial charge in [-0.1, -0.05) is 87.6 Å². The van der Waals surface area contributed by atoms with Crippen molar-refractivity contribution in [2.24, 2.45) is 0 Å². The number of fused-ring (bicyclic) bond motifs is 1. The smallest absolute Gasteiger partial charge is 0.119 e. The Morgan fingerprint density at radius 2 is 1.53 bits per heavy atom. The molecule has 0 radical (unpaired) electrons. The van der Waals surface area contributed by atoms with Gasteiger partial charge in [-0.3, -0.25) is 4.90 Å². The molecular formula is C29H39NO2. The number of hydrogen-bond acceptors (Lipinski definition) is 3. The molecule has 0 bridgehead atoms. The highest BCUT2D eigenvalue weighted by atomic mass is 16.5. The molecule has 1 N–H and O–H groups in total. The molecule has 0 aliphatic carbocycles. The van der Waals surface area contributed by atoms with Crippen LogP contribution in [-0.2, 0) is 6.54 Å². The molecule has 3 nitrogen and oxygen atoms in total. The molecule has 0 amide bonds. The number of benzene rings is 3. The number of unbranched alkanes of at least 4 members (excludes halogenated alkanes) is 5. The second-order valence-corrected chi connectivity index (χ2v) is 8.88. The first kappa shape index (κ1) is 24.3. The Morgan fingerprint density at radius 1 is 0.844 bits per heavy atom. The lowest BCUT2D eigenvalue weighted by Gasteiger charge is -2.33. The predicted octanol–water partition coefficient (Wildman–Crippen LogP) is 7.13. The monoisotopic (exact) mass is 433 g/mol. The van der Waals surface area contributed by atoms with Gasteiger partial charge >= 0.3 is 0 Å². The number of ether oxygens (including phenoxy) is 1. The summed E-state index contributed by atoms with van der Waals surface area (Å²) in [5.41, 5.74) is 2.26. The molecule has 3 rings (SSSR count). The molecule has 3 aromatic carbocycles. The molecule has 0 spiro atoms. The zero-order chi connectivity index (χ0) is 22.8. The van der Waals surface area contributed by atoms with Crippen molar-refractivity contribution in [2.45, 2.75) is 71.1 Å². The van der Waals surface area contributed by atoms with Gasteiger partial charge in [0.1, 0.15) is 5.75 Å². The Bertz CT molecular complexity index is 940. The van der Waals surface area contributed by atoms with E-state index in [0.717, 1.165) is 35.2 Å². The molecule has 0 saturated carbocycles. The molecule has 0 heterocycles. The van der Waals surface area contributed by atoms with E-state index in [1.165, 1.54) is 44.1 Å². The summed E-state index contributed by atoms with van der Waals surface area (Å²) < 4.78 is 5.34. The van der Waals surface area contributed by atoms with Crippen molar-refractivity contribution in [3.63, 3.8) is 0 Å². The molecule has 0 saturated heterocycles. The van der Waals surface area contributed by atoms with Crippen molar-refractivity contribution in [3.05, 3.63) is 77.9 Å². The highest BCUT2D eigenvalue weighted by Gasteiger charge is 2.23. The Labute approximate surface area is 194 Å². The SMILES string of the molecule is CCCCCCCCN(Cc1ccccc1)C(C)C(O)c1ccc2cc(OC)ccc2c1. The molecule has 0 aliphatic heterocycles. The van der Waals surface area contributed by atoms with E-state index in [1.807, 2.05) is 18.2 Å². The van der Waals surface area contributed by atoms with Crippen LogP contribution in [0.25, 0.3) is 10.8 Å². The van der Waals surface area contributed by atoms with Crippen LogP contribution in [0.3, 0.4) is 0 Å². The summed E-state index contributed by atoms with van der Waals surface area (Å²) >= 11 is 0. The number of aliphatic hydroxyl groups is 1. The van der Waals surface area contributed by atoms with Crippen molar-refractivity contribution in [1.82, 2.24) is 4.90 Å². The lowest BCUT2D eigenvalue weighted by atomic mass is 9.98. The molecule has 2 unspecified atom stereocenters. The second-order valence-electron chi connectivity index (χ2n) is 8.88. The Hall–Kier alpha value is -2.36. The van der Waals surface area contributed by atoms with Crippen molar-refractivity contribution in [2.75, 3.05) is 13.7 Å². The standard InChI is InChI=1S/C29H39NO2/c1-4-5-6-7-8-12-19-30(22-24-13-10-9-11-14-24)23(2)29(31)27-16-15-26-21-28(32-3)18-17-25(26)20-27/h9-11,13-18,20-21,23,29,31H,4-8,12,19,22H2,1-3H3. The van der Waals surface area contributed by atoms with Crippen LogP contribution in [0.5, 0.6) is 5.75 Å². The van der Waals surface area contributed by atoms with E-state index in [4.69, 9.17) is 4.74 Å². The first-order valence-electron chi connectivity index (χ1n) is 12.2. The third kappa shape index (κ3) is 6.82. The predicted molar refractivity (Wildman–Crippen MR) is 135 cm³/mol. The van der Waals surface area contributed by atoms with Gasteiger partial charge in [-0.15, -0.1) is 0 Å². The Balaban J connectivity index is 1.71. The highest BCUT2D eigenvalue weighted by molar-refractivity contribution is 5.84. The molecule has 2 atom stereocenters. The van der Waals surface area contributed by atoms with Crippen molar-refractivity contribution in [1.29, 1.82) is 0 Å². The first-order valence-corrected chi connectivity index (χ1v) is 12.2. The van der Waals surface area contributed by atoms with Gasteiger partial charge in [0.2, 0.25) is 0 Å². The van der Waals surface area contributed by atoms with Gasteiger partial charge in [-0.2, -0.15) is 0 Å². The fourth-order valence-corrected chi connectivity index (χ4v) is 4.37. The molecule has 0 fully saturated rings. The van der Waals surface area contributed by atoms with E-state index >= 15 is 0 Å². The molecule has 0 aromatic heterocycles. The van der Waals surface area contributed by atoms with Crippen LogP contribution in [0.2, 0.25) is 0 Å². The van der Waals surface area contributed by atoms with E-state index in [1.54, 1.807) is 7.11 Å². The van der Waals surface area contributed by atoms with Crippen LogP contribution < -0.4 is 4.74 Å². The van der Waals surface area contributed by atoms with Gasteiger partial charge in [0, 0.05) is 12.6 Å². The molecule has 32 heavy (non-hydrogen) atoms. The average molecular weight is 434 g/mol. The van der Waals surface area contributed by atoms with Crippen LogP contribution in [0, 0.1) is 0 Å². The average Bonchev–Trinajstić information content (AvgIpc) is 2.84. The first-order chi connectivity index (χ1) is 15.6. The van der Waals surface area contributed by atoms with Crippen LogP contribution in [-0.4, -0.2) is 29.7 Å². The van der Waals surface area contributed by atoms with Gasteiger partial charge in [0.05, 0.1) is 13.2 Å². The van der Waals surface area contributed by atoms with Crippen molar-refractivity contribution in [3.8, 4) is 5.75 Å². The molecule has 172 valence electrons. The minimum atomic E-state index is -0.537. The van der Waals surface area contributed by atoms with E-state index in [0.29, 0.717) is 0 Å². The van der Waals surface area contributed by atoms with E-state index in [9.17, 15) is 5.11 Å². The van der Waals surface area contributed by atoms with Crippen molar-refractivity contribution >= 4 is 10.8 Å². The normalized spacial score (nSPS) is 13.4. The summed E-state index contributed by atoms with van der Waals surface area (Å²) in [4.78, 5) is 2.44. The Kier molecular flexibility index (Phi) is 9.58. The van der Waals surface area contributed by atoms with Crippen LogP contribution in [0.15, 0.2) is 66.7 Å². The van der Waals surface area contributed by atoms with Crippen LogP contribution in [0.4, 0.5) is 0 Å². The zero-order valence-electron chi connectivity index (χ0n) is 20.0. The molecule has 3 aromatic rings. The maximum atomic E-state index is 11.3. The summed E-state index contributed by atoms with van der Waals surface area (Å²) in [6.07, 6.45) is 7.13. The molecular weight excluding hydrogens is 394 g/mol. The van der Waals surface area contributed by atoms with E-state index in [2.05, 4.69) is 67.3 Å². The minimum absolute atomic E-state index is 0.0292. The fraction of sp³-hybridized carbons (Fsp3) is 0.448. The lowest BCUT2D eigenvalue weighted by molar-refractivity contribution is 0.0521. The number of rotatable bonds is 13. The summed E-state index contributed by atoms with van der Waals surface area (Å²) in [5.74, 6) is 0.854. The lowest BCUT2D eigenvalue weighted by Crippen LogP contribution is -2.37. The largest absolute Gasteiger partial charge is 0.497 e. The van der Waals surface area contributed by atoms with Gasteiger partial charge in [0.15, 0.2) is 0 Å².